The minimum absolute atomic E-state index is 0.0225. The topological polar surface area (TPSA) is 75.3 Å². The lowest BCUT2D eigenvalue weighted by Crippen LogP contribution is -2.49. The zero-order chi connectivity index (χ0) is 14.0. The first-order valence-electron chi connectivity index (χ1n) is 6.41. The molecule has 1 aliphatic heterocycles. The normalized spacial score (nSPS) is 18.3. The maximum atomic E-state index is 12.3. The molecule has 0 bridgehead atoms. The number of ether oxygens (including phenoxy) is 1. The number of nitrogens with one attached hydrogen (secondary N) is 1. The third-order valence-corrected chi connectivity index (χ3v) is 3.28. The lowest BCUT2D eigenvalue weighted by molar-refractivity contribution is -0.154. The summed E-state index contributed by atoms with van der Waals surface area (Å²) in [5.41, 5.74) is 1.74. The van der Waals surface area contributed by atoms with Gasteiger partial charge >= 0.3 is 5.97 Å². The molecule has 0 radical (unpaired) electrons. The summed E-state index contributed by atoms with van der Waals surface area (Å²) < 4.78 is 4.80. The highest BCUT2D eigenvalue weighted by Gasteiger charge is 2.36. The Morgan fingerprint density at radius 1 is 1.58 bits per heavy atom. The SMILES string of the molecule is COC(=O)C1Cc2nc[nH]c2CN1C(=O)CC(C)C. The maximum absolute atomic E-state index is 12.3. The van der Waals surface area contributed by atoms with Gasteiger partial charge in [0, 0.05) is 12.8 Å². The zero-order valence-corrected chi connectivity index (χ0v) is 11.5. The van der Waals surface area contributed by atoms with Crippen molar-refractivity contribution in [1.82, 2.24) is 14.9 Å². The van der Waals surface area contributed by atoms with Gasteiger partial charge in [0.25, 0.3) is 0 Å². The van der Waals surface area contributed by atoms with Crippen molar-refractivity contribution in [2.75, 3.05) is 7.11 Å². The summed E-state index contributed by atoms with van der Waals surface area (Å²) >= 11 is 0. The fraction of sp³-hybridized carbons (Fsp3) is 0.615. The Morgan fingerprint density at radius 2 is 2.32 bits per heavy atom. The number of aromatic nitrogens is 2. The van der Waals surface area contributed by atoms with Crippen LogP contribution in [0.2, 0.25) is 0 Å². The highest BCUT2D eigenvalue weighted by Crippen LogP contribution is 2.23. The van der Waals surface area contributed by atoms with E-state index in [1.54, 1.807) is 11.2 Å². The van der Waals surface area contributed by atoms with Gasteiger partial charge in [-0.25, -0.2) is 9.78 Å². The second-order valence-corrected chi connectivity index (χ2v) is 5.19. The number of carbonyl (C=O) groups is 2. The van der Waals surface area contributed by atoms with Gasteiger partial charge in [-0.3, -0.25) is 4.79 Å². The van der Waals surface area contributed by atoms with E-state index in [2.05, 4.69) is 9.97 Å². The standard InChI is InChI=1S/C13H19N3O3/c1-8(2)4-12(17)16-6-10-9(14-7-15-10)5-11(16)13(18)19-3/h7-8,11H,4-6H2,1-3H3,(H,14,15). The second-order valence-electron chi connectivity index (χ2n) is 5.19. The molecule has 0 saturated heterocycles. The molecule has 2 heterocycles. The van der Waals surface area contributed by atoms with E-state index >= 15 is 0 Å². The van der Waals surface area contributed by atoms with Gasteiger partial charge in [-0.1, -0.05) is 13.8 Å². The molecule has 0 aliphatic carbocycles. The van der Waals surface area contributed by atoms with Crippen molar-refractivity contribution in [3.05, 3.63) is 17.7 Å². The lowest BCUT2D eigenvalue weighted by Gasteiger charge is -2.33. The minimum Gasteiger partial charge on any atom is -0.467 e. The van der Waals surface area contributed by atoms with Crippen LogP contribution in [0.15, 0.2) is 6.33 Å². The Hall–Kier alpha value is -1.85. The molecule has 1 atom stereocenters. The summed E-state index contributed by atoms with van der Waals surface area (Å²) in [5.74, 6) is -0.148. The van der Waals surface area contributed by atoms with Crippen molar-refractivity contribution in [1.29, 1.82) is 0 Å². The van der Waals surface area contributed by atoms with Crippen LogP contribution in [0.1, 0.15) is 31.7 Å². The summed E-state index contributed by atoms with van der Waals surface area (Å²) in [7, 11) is 1.34. The van der Waals surface area contributed by atoms with Crippen LogP contribution in [-0.4, -0.2) is 39.9 Å². The van der Waals surface area contributed by atoms with E-state index in [0.717, 1.165) is 11.4 Å². The van der Waals surface area contributed by atoms with Crippen molar-refractivity contribution < 1.29 is 14.3 Å². The van der Waals surface area contributed by atoms with Crippen LogP contribution >= 0.6 is 0 Å². The number of hydrogen-bond acceptors (Lipinski definition) is 4. The predicted molar refractivity (Wildman–Crippen MR) is 68.1 cm³/mol. The van der Waals surface area contributed by atoms with Gasteiger partial charge in [-0.15, -0.1) is 0 Å². The summed E-state index contributed by atoms with van der Waals surface area (Å²) in [6.07, 6.45) is 2.43. The Kier molecular flexibility index (Phi) is 3.87. The van der Waals surface area contributed by atoms with Crippen LogP contribution in [0.25, 0.3) is 0 Å². The van der Waals surface area contributed by atoms with E-state index < -0.39 is 6.04 Å². The summed E-state index contributed by atoms with van der Waals surface area (Å²) in [4.78, 5) is 32.9. The van der Waals surface area contributed by atoms with Crippen LogP contribution in [0.3, 0.4) is 0 Å². The van der Waals surface area contributed by atoms with Crippen molar-refractivity contribution in [2.24, 2.45) is 5.92 Å². The zero-order valence-electron chi connectivity index (χ0n) is 11.5. The average Bonchev–Trinajstić information content (AvgIpc) is 2.82. The lowest BCUT2D eigenvalue weighted by atomic mass is 10.0. The first-order chi connectivity index (χ1) is 9.02. The van der Waals surface area contributed by atoms with Crippen LogP contribution in [-0.2, 0) is 27.3 Å². The molecule has 0 spiro atoms. The third kappa shape index (κ3) is 2.77. The summed E-state index contributed by atoms with van der Waals surface area (Å²) in [6, 6.07) is -0.563. The quantitative estimate of drug-likeness (QED) is 0.823. The highest BCUT2D eigenvalue weighted by atomic mass is 16.5. The Bertz CT molecular complexity index is 481. The van der Waals surface area contributed by atoms with Crippen LogP contribution < -0.4 is 0 Å². The Labute approximate surface area is 112 Å². The molecule has 1 aliphatic rings. The van der Waals surface area contributed by atoms with Gasteiger partial charge in [0.2, 0.25) is 5.91 Å². The number of H-pyrrole nitrogens is 1. The van der Waals surface area contributed by atoms with Crippen molar-refractivity contribution >= 4 is 11.9 Å². The van der Waals surface area contributed by atoms with Crippen molar-refractivity contribution in [3.8, 4) is 0 Å². The molecule has 1 aromatic heterocycles. The molecule has 0 saturated carbocycles. The predicted octanol–water partition coefficient (Wildman–Crippen LogP) is 0.882. The first-order valence-corrected chi connectivity index (χ1v) is 6.41. The number of fused-ring (bicyclic) bond motifs is 1. The van der Waals surface area contributed by atoms with Crippen LogP contribution in [0, 0.1) is 5.92 Å². The number of imidazole rings is 1. The second kappa shape index (κ2) is 5.42. The number of esters is 1. The Balaban J connectivity index is 2.23. The van der Waals surface area contributed by atoms with E-state index in [-0.39, 0.29) is 17.8 Å². The smallest absolute Gasteiger partial charge is 0.329 e. The van der Waals surface area contributed by atoms with Crippen molar-refractivity contribution in [3.63, 3.8) is 0 Å². The largest absolute Gasteiger partial charge is 0.467 e. The van der Waals surface area contributed by atoms with E-state index in [4.69, 9.17) is 4.74 Å². The molecular formula is C13H19N3O3. The molecule has 0 fully saturated rings. The van der Waals surface area contributed by atoms with Crippen LogP contribution in [0.4, 0.5) is 0 Å². The third-order valence-electron chi connectivity index (χ3n) is 3.28. The summed E-state index contributed by atoms with van der Waals surface area (Å²) in [6.45, 7) is 4.36. The monoisotopic (exact) mass is 265 g/mol. The van der Waals surface area contributed by atoms with Gasteiger partial charge in [0.1, 0.15) is 6.04 Å². The van der Waals surface area contributed by atoms with E-state index in [9.17, 15) is 9.59 Å². The highest BCUT2D eigenvalue weighted by molar-refractivity contribution is 5.85. The van der Waals surface area contributed by atoms with Gasteiger partial charge in [0.05, 0.1) is 31.4 Å². The summed E-state index contributed by atoms with van der Waals surface area (Å²) in [5, 5.41) is 0. The number of rotatable bonds is 3. The van der Waals surface area contributed by atoms with Gasteiger partial charge in [-0.2, -0.15) is 0 Å². The number of methoxy groups -OCH3 is 1. The number of amides is 1. The fourth-order valence-corrected chi connectivity index (χ4v) is 2.31. The molecule has 1 unspecified atom stereocenters. The molecule has 1 aromatic rings. The van der Waals surface area contributed by atoms with Gasteiger partial charge in [0.15, 0.2) is 0 Å². The molecule has 1 N–H and O–H groups in total. The molecule has 6 nitrogen and oxygen atoms in total. The van der Waals surface area contributed by atoms with E-state index in [1.165, 1.54) is 7.11 Å². The van der Waals surface area contributed by atoms with Gasteiger partial charge in [-0.05, 0) is 5.92 Å². The minimum atomic E-state index is -0.563. The first kappa shape index (κ1) is 13.6. The molecule has 1 amide bonds. The number of aromatic amines is 1. The average molecular weight is 265 g/mol. The fourth-order valence-electron chi connectivity index (χ4n) is 2.31. The van der Waals surface area contributed by atoms with E-state index in [1.807, 2.05) is 13.8 Å². The molecular weight excluding hydrogens is 246 g/mol. The van der Waals surface area contributed by atoms with Crippen molar-refractivity contribution in [2.45, 2.75) is 39.3 Å². The molecule has 19 heavy (non-hydrogen) atoms. The number of carbonyl (C=O) groups excluding carboxylic acids is 2. The number of nitrogens with zero attached hydrogens (tertiary/aromatic N) is 2. The maximum Gasteiger partial charge on any atom is 0.329 e. The van der Waals surface area contributed by atoms with E-state index in [0.29, 0.717) is 19.4 Å². The Morgan fingerprint density at radius 3 is 2.95 bits per heavy atom. The van der Waals surface area contributed by atoms with Crippen LogP contribution in [0.5, 0.6) is 0 Å². The molecule has 6 heteroatoms. The number of hydrogen-bond donors (Lipinski definition) is 1. The molecule has 2 rings (SSSR count). The molecule has 104 valence electrons. The molecule has 0 aromatic carbocycles. The van der Waals surface area contributed by atoms with Gasteiger partial charge < -0.3 is 14.6 Å².